The van der Waals surface area contributed by atoms with Gasteiger partial charge in [-0.05, 0) is 25.1 Å². The fourth-order valence-electron chi connectivity index (χ4n) is 2.75. The lowest BCUT2D eigenvalue weighted by molar-refractivity contribution is 0.356. The van der Waals surface area contributed by atoms with E-state index in [1.54, 1.807) is 31.8 Å². The molecule has 0 bridgehead atoms. The monoisotopic (exact) mass is 299 g/mol. The van der Waals surface area contributed by atoms with Crippen LogP contribution >= 0.6 is 11.3 Å². The van der Waals surface area contributed by atoms with Crippen molar-refractivity contribution in [2.24, 2.45) is 0 Å². The van der Waals surface area contributed by atoms with Crippen molar-refractivity contribution in [3.8, 4) is 11.5 Å². The van der Waals surface area contributed by atoms with Gasteiger partial charge in [-0.25, -0.2) is 4.98 Å². The molecule has 4 rings (SSSR count). The van der Waals surface area contributed by atoms with Gasteiger partial charge in [0, 0.05) is 16.2 Å². The van der Waals surface area contributed by atoms with E-state index in [9.17, 15) is 0 Å². The number of benzene rings is 2. The molecule has 0 aliphatic rings. The van der Waals surface area contributed by atoms with Gasteiger partial charge in [0.15, 0.2) is 11.5 Å². The van der Waals surface area contributed by atoms with Crippen LogP contribution in [0.25, 0.3) is 32.0 Å². The Balaban J connectivity index is 2.30. The van der Waals surface area contributed by atoms with Crippen LogP contribution in [0.2, 0.25) is 0 Å². The molecule has 0 unspecified atom stereocenters. The molecule has 0 N–H and O–H groups in total. The molecule has 0 saturated heterocycles. The van der Waals surface area contributed by atoms with Crippen LogP contribution < -0.4 is 9.47 Å². The summed E-state index contributed by atoms with van der Waals surface area (Å²) in [5, 5.41) is 4.14. The van der Waals surface area contributed by atoms with Crippen molar-refractivity contribution >= 4 is 43.3 Å². The van der Waals surface area contributed by atoms with E-state index in [2.05, 4.69) is 4.98 Å². The van der Waals surface area contributed by atoms with Gasteiger partial charge < -0.3 is 13.9 Å². The quantitative estimate of drug-likeness (QED) is 0.546. The second-order valence-electron chi connectivity index (χ2n) is 4.83. The molecule has 2 aromatic carbocycles. The Morgan fingerprint density at radius 3 is 2.48 bits per heavy atom. The number of rotatable bonds is 2. The molecule has 4 nitrogen and oxygen atoms in total. The van der Waals surface area contributed by atoms with Gasteiger partial charge in [-0.1, -0.05) is 0 Å². The van der Waals surface area contributed by atoms with Crippen LogP contribution in [0.15, 0.2) is 28.9 Å². The van der Waals surface area contributed by atoms with Gasteiger partial charge in [0.2, 0.25) is 0 Å². The third kappa shape index (κ3) is 1.64. The summed E-state index contributed by atoms with van der Waals surface area (Å²) in [6.45, 7) is 2.02. The van der Waals surface area contributed by atoms with Gasteiger partial charge in [0.25, 0.3) is 0 Å². The molecule has 21 heavy (non-hydrogen) atoms. The Morgan fingerprint density at radius 1 is 1.05 bits per heavy atom. The highest BCUT2D eigenvalue weighted by molar-refractivity contribution is 7.19. The van der Waals surface area contributed by atoms with E-state index < -0.39 is 0 Å². The maximum atomic E-state index is 5.70. The minimum atomic E-state index is 0.689. The molecule has 5 heteroatoms. The predicted octanol–water partition coefficient (Wildman–Crippen LogP) is 4.52. The summed E-state index contributed by atoms with van der Waals surface area (Å²) < 4.78 is 17.7. The first-order valence-corrected chi connectivity index (χ1v) is 7.36. The second-order valence-corrected chi connectivity index (χ2v) is 6.03. The number of thiazole rings is 1. The number of methoxy groups -OCH3 is 2. The number of furan rings is 1. The zero-order valence-corrected chi connectivity index (χ0v) is 12.7. The van der Waals surface area contributed by atoms with Crippen LogP contribution in [0.5, 0.6) is 11.5 Å². The first-order chi connectivity index (χ1) is 10.2. The van der Waals surface area contributed by atoms with Gasteiger partial charge in [0.1, 0.15) is 5.58 Å². The fourth-order valence-corrected chi connectivity index (χ4v) is 3.71. The Labute approximate surface area is 124 Å². The molecule has 106 valence electrons. The topological polar surface area (TPSA) is 44.5 Å². The highest BCUT2D eigenvalue weighted by Gasteiger charge is 2.17. The van der Waals surface area contributed by atoms with E-state index in [1.807, 2.05) is 25.1 Å². The molecule has 0 atom stereocenters. The molecule has 0 spiro atoms. The number of aromatic nitrogens is 1. The molecule has 0 radical (unpaired) electrons. The molecule has 0 fully saturated rings. The zero-order valence-electron chi connectivity index (χ0n) is 11.9. The first kappa shape index (κ1) is 12.5. The van der Waals surface area contributed by atoms with E-state index in [1.165, 1.54) is 0 Å². The predicted molar refractivity (Wildman–Crippen MR) is 84.7 cm³/mol. The SMILES string of the molecule is COc1cc2c(cc1OC)c1occc1c1sc(C)nc21. The summed E-state index contributed by atoms with van der Waals surface area (Å²) in [6, 6.07) is 5.91. The molecular formula is C16H13NO3S. The molecule has 0 saturated carbocycles. The molecule has 0 aliphatic carbocycles. The number of hydrogen-bond donors (Lipinski definition) is 0. The highest BCUT2D eigenvalue weighted by atomic mass is 32.1. The van der Waals surface area contributed by atoms with Crippen molar-refractivity contribution in [1.29, 1.82) is 0 Å². The molecular weight excluding hydrogens is 286 g/mol. The van der Waals surface area contributed by atoms with E-state index in [-0.39, 0.29) is 0 Å². The van der Waals surface area contributed by atoms with E-state index >= 15 is 0 Å². The van der Waals surface area contributed by atoms with Gasteiger partial charge in [-0.3, -0.25) is 0 Å². The Hall–Kier alpha value is -2.27. The van der Waals surface area contributed by atoms with Crippen molar-refractivity contribution in [1.82, 2.24) is 4.98 Å². The summed E-state index contributed by atoms with van der Waals surface area (Å²) in [6.07, 6.45) is 1.72. The second kappa shape index (κ2) is 4.36. The summed E-state index contributed by atoms with van der Waals surface area (Å²) >= 11 is 1.68. The van der Waals surface area contributed by atoms with Gasteiger partial charge in [0.05, 0.1) is 35.7 Å². The van der Waals surface area contributed by atoms with Gasteiger partial charge >= 0.3 is 0 Å². The number of aryl methyl sites for hydroxylation is 1. The molecule has 0 amide bonds. The first-order valence-electron chi connectivity index (χ1n) is 6.55. The summed E-state index contributed by atoms with van der Waals surface area (Å²) in [4.78, 5) is 4.68. The molecule has 2 aromatic heterocycles. The van der Waals surface area contributed by atoms with Crippen LogP contribution in [0.4, 0.5) is 0 Å². The van der Waals surface area contributed by atoms with Crippen LogP contribution in [0.1, 0.15) is 5.01 Å². The van der Waals surface area contributed by atoms with Crippen molar-refractivity contribution in [3.63, 3.8) is 0 Å². The largest absolute Gasteiger partial charge is 0.493 e. The summed E-state index contributed by atoms with van der Waals surface area (Å²) in [7, 11) is 3.27. The molecule has 2 heterocycles. The molecule has 0 aliphatic heterocycles. The Kier molecular flexibility index (Phi) is 2.59. The van der Waals surface area contributed by atoms with Crippen molar-refractivity contribution in [2.45, 2.75) is 6.92 Å². The normalized spacial score (nSPS) is 11.6. The van der Waals surface area contributed by atoms with Crippen LogP contribution in [-0.2, 0) is 0 Å². The maximum Gasteiger partial charge on any atom is 0.161 e. The van der Waals surface area contributed by atoms with Crippen LogP contribution in [0, 0.1) is 6.92 Å². The number of ether oxygens (including phenoxy) is 2. The average molecular weight is 299 g/mol. The van der Waals surface area contributed by atoms with Gasteiger partial charge in [-0.2, -0.15) is 0 Å². The molecule has 4 aromatic rings. The minimum absolute atomic E-state index is 0.689. The summed E-state index contributed by atoms with van der Waals surface area (Å²) in [5.41, 5.74) is 1.85. The Bertz CT molecular complexity index is 984. The highest BCUT2D eigenvalue weighted by Crippen LogP contribution is 2.42. The number of hydrogen-bond acceptors (Lipinski definition) is 5. The minimum Gasteiger partial charge on any atom is -0.493 e. The van der Waals surface area contributed by atoms with Crippen molar-refractivity contribution in [2.75, 3.05) is 14.2 Å². The number of nitrogens with zero attached hydrogens (tertiary/aromatic N) is 1. The van der Waals surface area contributed by atoms with E-state index in [4.69, 9.17) is 13.9 Å². The lowest BCUT2D eigenvalue weighted by Crippen LogP contribution is -1.91. The van der Waals surface area contributed by atoms with Crippen molar-refractivity contribution in [3.05, 3.63) is 29.5 Å². The smallest absolute Gasteiger partial charge is 0.161 e. The lowest BCUT2D eigenvalue weighted by atomic mass is 10.1. The van der Waals surface area contributed by atoms with Crippen LogP contribution in [-0.4, -0.2) is 19.2 Å². The third-order valence-corrected chi connectivity index (χ3v) is 4.67. The fraction of sp³-hybridized carbons (Fsp3) is 0.188. The maximum absolute atomic E-state index is 5.70. The van der Waals surface area contributed by atoms with E-state index in [0.717, 1.165) is 37.0 Å². The van der Waals surface area contributed by atoms with Crippen LogP contribution in [0.3, 0.4) is 0 Å². The summed E-state index contributed by atoms with van der Waals surface area (Å²) in [5.74, 6) is 1.39. The number of fused-ring (bicyclic) bond motifs is 6. The Morgan fingerprint density at radius 2 is 1.76 bits per heavy atom. The average Bonchev–Trinajstić information content (AvgIpc) is 3.11. The zero-order chi connectivity index (χ0) is 14.6. The van der Waals surface area contributed by atoms with Crippen molar-refractivity contribution < 1.29 is 13.9 Å². The third-order valence-electron chi connectivity index (χ3n) is 3.67. The van der Waals surface area contributed by atoms with E-state index in [0.29, 0.717) is 11.5 Å². The lowest BCUT2D eigenvalue weighted by Gasteiger charge is -2.10. The van der Waals surface area contributed by atoms with Gasteiger partial charge in [-0.15, -0.1) is 11.3 Å². The standard InChI is InChI=1S/C16H13NO3S/c1-8-17-14-10-6-12(18-2)13(19-3)7-11(10)15-9(4-5-20-15)16(14)21-8/h4-7H,1-3H3.